The van der Waals surface area contributed by atoms with Gasteiger partial charge in [0, 0.05) is 33.4 Å². The van der Waals surface area contributed by atoms with E-state index in [4.69, 9.17) is 18.6 Å². The van der Waals surface area contributed by atoms with Crippen LogP contribution in [0.15, 0.2) is 112 Å². The van der Waals surface area contributed by atoms with Crippen LogP contribution in [-0.2, 0) is 19.1 Å². The number of anilines is 3. The van der Waals surface area contributed by atoms with Gasteiger partial charge >= 0.3 is 17.6 Å². The molecular weight excluding hydrogens is 554 g/mol. The van der Waals surface area contributed by atoms with Gasteiger partial charge in [0.15, 0.2) is 5.06 Å². The Labute approximate surface area is 246 Å². The topological polar surface area (TPSA) is 95.3 Å². The van der Waals surface area contributed by atoms with Crippen LogP contribution in [0.4, 0.5) is 17.1 Å². The van der Waals surface area contributed by atoms with Gasteiger partial charge in [-0.1, -0.05) is 47.7 Å². The first-order valence-electron chi connectivity index (χ1n) is 13.3. The molecule has 5 aromatic rings. The van der Waals surface area contributed by atoms with E-state index in [1.54, 1.807) is 32.0 Å². The van der Waals surface area contributed by atoms with Crippen molar-refractivity contribution in [2.45, 2.75) is 13.8 Å². The van der Waals surface area contributed by atoms with E-state index in [9.17, 15) is 14.4 Å². The van der Waals surface area contributed by atoms with Crippen molar-refractivity contribution in [3.05, 3.63) is 118 Å². The fourth-order valence-corrected chi connectivity index (χ4v) is 5.04. The maximum atomic E-state index is 12.9. The molecule has 0 aliphatic carbocycles. The highest BCUT2D eigenvalue weighted by atomic mass is 32.1. The third kappa shape index (κ3) is 6.42. The SMILES string of the molecule is CCOC(=O)C(=Cc1ccc(Oc2cc3ccc(N(c4ccccc4)c4ccccc4)cc3oc2=O)s1)C(=O)OCC. The predicted molar refractivity (Wildman–Crippen MR) is 163 cm³/mol. The molecule has 0 spiro atoms. The number of hydrogen-bond donors (Lipinski definition) is 0. The lowest BCUT2D eigenvalue weighted by Gasteiger charge is -2.25. The summed E-state index contributed by atoms with van der Waals surface area (Å²) in [6, 6.07) is 30.4. The molecule has 0 unspecified atom stereocenters. The van der Waals surface area contributed by atoms with Gasteiger partial charge in [0.05, 0.1) is 13.2 Å². The Bertz CT molecular complexity index is 1730. The van der Waals surface area contributed by atoms with Crippen molar-refractivity contribution in [2.75, 3.05) is 18.1 Å². The molecule has 8 nitrogen and oxygen atoms in total. The number of carbonyl (C=O) groups excluding carboxylic acids is 2. The number of para-hydroxylation sites is 2. The lowest BCUT2D eigenvalue weighted by atomic mass is 10.1. The molecule has 5 rings (SSSR count). The van der Waals surface area contributed by atoms with Crippen molar-refractivity contribution in [2.24, 2.45) is 0 Å². The van der Waals surface area contributed by atoms with Crippen molar-refractivity contribution in [3.63, 3.8) is 0 Å². The van der Waals surface area contributed by atoms with Gasteiger partial charge in [0.2, 0.25) is 5.75 Å². The zero-order valence-corrected chi connectivity index (χ0v) is 23.8. The smallest absolute Gasteiger partial charge is 0.379 e. The first kappa shape index (κ1) is 28.4. The first-order valence-corrected chi connectivity index (χ1v) is 14.1. The van der Waals surface area contributed by atoms with Crippen LogP contribution in [0.25, 0.3) is 17.0 Å². The van der Waals surface area contributed by atoms with Gasteiger partial charge in [-0.15, -0.1) is 0 Å². The van der Waals surface area contributed by atoms with Gasteiger partial charge in [-0.2, -0.15) is 0 Å². The number of fused-ring (bicyclic) bond motifs is 1. The minimum absolute atomic E-state index is 0.00612. The maximum absolute atomic E-state index is 12.9. The van der Waals surface area contributed by atoms with Crippen LogP contribution >= 0.6 is 11.3 Å². The summed E-state index contributed by atoms with van der Waals surface area (Å²) in [4.78, 5) is 40.1. The van der Waals surface area contributed by atoms with Crippen LogP contribution < -0.4 is 15.3 Å². The van der Waals surface area contributed by atoms with Crippen LogP contribution in [0.5, 0.6) is 10.8 Å². The average Bonchev–Trinajstić information content (AvgIpc) is 3.44. The number of hydrogen-bond acceptors (Lipinski definition) is 9. The van der Waals surface area contributed by atoms with Crippen LogP contribution in [0.1, 0.15) is 18.7 Å². The van der Waals surface area contributed by atoms with Gasteiger partial charge in [0.25, 0.3) is 0 Å². The van der Waals surface area contributed by atoms with Crippen molar-refractivity contribution in [3.8, 4) is 10.8 Å². The molecule has 0 N–H and O–H groups in total. The summed E-state index contributed by atoms with van der Waals surface area (Å²) in [5.74, 6) is -1.55. The van der Waals surface area contributed by atoms with Crippen molar-refractivity contribution >= 4 is 57.4 Å². The highest BCUT2D eigenvalue weighted by molar-refractivity contribution is 7.14. The molecule has 0 fully saturated rings. The molecule has 212 valence electrons. The van der Waals surface area contributed by atoms with Crippen LogP contribution in [0.2, 0.25) is 0 Å². The normalized spacial score (nSPS) is 10.6. The fourth-order valence-electron chi connectivity index (χ4n) is 4.23. The predicted octanol–water partition coefficient (Wildman–Crippen LogP) is 7.63. The lowest BCUT2D eigenvalue weighted by Crippen LogP contribution is -2.18. The third-order valence-electron chi connectivity index (χ3n) is 6.06. The number of thiophene rings is 1. The number of rotatable bonds is 10. The lowest BCUT2D eigenvalue weighted by molar-refractivity contribution is -0.146. The molecule has 0 saturated heterocycles. The van der Waals surface area contributed by atoms with E-state index < -0.39 is 17.6 Å². The van der Waals surface area contributed by atoms with Gasteiger partial charge in [-0.05, 0) is 74.5 Å². The standard InChI is InChI=1S/C33H27NO7S/c1-3-38-31(35)27(32(36)39-4-2)21-26-17-18-30(42-26)40-29-19-22-15-16-25(20-28(22)41-33(29)37)34(23-11-7-5-8-12-23)24-13-9-6-10-14-24/h5-21H,3-4H2,1-2H3. The van der Waals surface area contributed by atoms with Gasteiger partial charge in [-0.25, -0.2) is 14.4 Å². The summed E-state index contributed by atoms with van der Waals surface area (Å²) in [5, 5.41) is 1.05. The monoisotopic (exact) mass is 581 g/mol. The summed E-state index contributed by atoms with van der Waals surface area (Å²) in [6.07, 6.45) is 1.38. The fraction of sp³-hybridized carbons (Fsp3) is 0.121. The van der Waals surface area contributed by atoms with Crippen molar-refractivity contribution in [1.29, 1.82) is 0 Å². The summed E-state index contributed by atoms with van der Waals surface area (Å²) >= 11 is 1.14. The van der Waals surface area contributed by atoms with E-state index in [2.05, 4.69) is 4.90 Å². The Morgan fingerprint density at radius 3 is 2.00 bits per heavy atom. The molecule has 0 bridgehead atoms. The highest BCUT2D eigenvalue weighted by Gasteiger charge is 2.22. The molecule has 0 amide bonds. The summed E-state index contributed by atoms with van der Waals surface area (Å²) in [5.41, 5.74) is 2.28. The second-order valence-electron chi connectivity index (χ2n) is 8.88. The van der Waals surface area contributed by atoms with Crippen molar-refractivity contribution in [1.82, 2.24) is 0 Å². The second-order valence-corrected chi connectivity index (χ2v) is 9.96. The zero-order chi connectivity index (χ0) is 29.5. The molecule has 0 aliphatic rings. The number of carbonyl (C=O) groups is 2. The van der Waals surface area contributed by atoms with Crippen LogP contribution in [0.3, 0.4) is 0 Å². The van der Waals surface area contributed by atoms with Crippen LogP contribution in [-0.4, -0.2) is 25.2 Å². The first-order chi connectivity index (χ1) is 20.5. The summed E-state index contributed by atoms with van der Waals surface area (Å²) in [7, 11) is 0. The number of benzene rings is 3. The molecule has 0 atom stereocenters. The third-order valence-corrected chi connectivity index (χ3v) is 6.97. The Balaban J connectivity index is 1.43. The van der Waals surface area contributed by atoms with Gasteiger partial charge in [-0.3, -0.25) is 0 Å². The highest BCUT2D eigenvalue weighted by Crippen LogP contribution is 2.36. The largest absolute Gasteiger partial charge is 0.462 e. The molecule has 9 heteroatoms. The Morgan fingerprint density at radius 2 is 1.40 bits per heavy atom. The molecule has 2 heterocycles. The number of esters is 2. The van der Waals surface area contributed by atoms with E-state index in [0.29, 0.717) is 20.9 Å². The number of ether oxygens (including phenoxy) is 3. The van der Waals surface area contributed by atoms with Crippen molar-refractivity contribution < 1.29 is 28.2 Å². The van der Waals surface area contributed by atoms with Crippen LogP contribution in [0, 0.1) is 0 Å². The molecule has 0 radical (unpaired) electrons. The zero-order valence-electron chi connectivity index (χ0n) is 22.9. The molecule has 0 saturated carbocycles. The summed E-state index contributed by atoms with van der Waals surface area (Å²) < 4.78 is 21.5. The minimum atomic E-state index is -0.778. The molecule has 2 aromatic heterocycles. The average molecular weight is 582 g/mol. The molecule has 42 heavy (non-hydrogen) atoms. The summed E-state index contributed by atoms with van der Waals surface area (Å²) in [6.45, 7) is 3.53. The van der Waals surface area contributed by atoms with E-state index >= 15 is 0 Å². The Morgan fingerprint density at radius 1 is 0.786 bits per heavy atom. The van der Waals surface area contributed by atoms with E-state index in [1.165, 1.54) is 6.08 Å². The number of nitrogens with zero attached hydrogens (tertiary/aromatic N) is 1. The molecule has 0 aliphatic heterocycles. The van der Waals surface area contributed by atoms with E-state index in [0.717, 1.165) is 28.4 Å². The minimum Gasteiger partial charge on any atom is -0.462 e. The van der Waals surface area contributed by atoms with E-state index in [-0.39, 0.29) is 24.5 Å². The second kappa shape index (κ2) is 13.0. The Kier molecular flexibility index (Phi) is 8.79. The Hall–Kier alpha value is -5.15. The van der Waals surface area contributed by atoms with Gasteiger partial charge in [0.1, 0.15) is 11.2 Å². The molecule has 3 aromatic carbocycles. The quantitative estimate of drug-likeness (QED) is 0.0546. The maximum Gasteiger partial charge on any atom is 0.379 e. The molecular formula is C33H27NO7S. The van der Waals surface area contributed by atoms with Gasteiger partial charge < -0.3 is 23.5 Å². The van der Waals surface area contributed by atoms with E-state index in [1.807, 2.05) is 78.9 Å².